The first kappa shape index (κ1) is 15.7. The van der Waals surface area contributed by atoms with E-state index >= 15 is 0 Å². The summed E-state index contributed by atoms with van der Waals surface area (Å²) in [5.74, 6) is -0.560. The number of alkyl halides is 3. The van der Waals surface area contributed by atoms with Crippen LogP contribution >= 0.6 is 0 Å². The second-order valence-electron chi connectivity index (χ2n) is 5.54. The highest BCUT2D eigenvalue weighted by molar-refractivity contribution is 5.97. The number of nitrogen functional groups attached to an aromatic ring is 1. The third kappa shape index (κ3) is 2.99. The predicted molar refractivity (Wildman–Crippen MR) is 77.7 cm³/mol. The molecule has 0 aliphatic carbocycles. The minimum absolute atomic E-state index is 0.221. The monoisotopic (exact) mass is 299 g/mol. The fourth-order valence-electron chi connectivity index (χ4n) is 3.10. The molecular weight excluding hydrogens is 279 g/mol. The molecule has 2 atom stereocenters. The van der Waals surface area contributed by atoms with E-state index in [2.05, 4.69) is 4.90 Å². The van der Waals surface area contributed by atoms with E-state index in [-0.39, 0.29) is 17.6 Å². The topological polar surface area (TPSA) is 53.1 Å². The Balaban J connectivity index is 2.49. The van der Waals surface area contributed by atoms with E-state index in [1.807, 2.05) is 13.8 Å². The molecule has 0 spiro atoms. The molecule has 0 bridgehead atoms. The summed E-state index contributed by atoms with van der Waals surface area (Å²) in [5.41, 5.74) is 4.73. The van der Waals surface area contributed by atoms with Crippen LogP contribution in [0.4, 0.5) is 18.9 Å². The van der Waals surface area contributed by atoms with E-state index in [4.69, 9.17) is 11.1 Å². The second-order valence-corrected chi connectivity index (χ2v) is 5.54. The minimum atomic E-state index is -4.51. The average Bonchev–Trinajstić information content (AvgIpc) is 2.78. The molecule has 1 aromatic rings. The molecule has 6 heteroatoms. The van der Waals surface area contributed by atoms with Crippen molar-refractivity contribution in [1.29, 1.82) is 5.41 Å². The molecule has 21 heavy (non-hydrogen) atoms. The molecule has 3 nitrogen and oxygen atoms in total. The summed E-state index contributed by atoms with van der Waals surface area (Å²) in [6.07, 6.45) is -1.64. The molecular formula is C15H20F3N3. The van der Waals surface area contributed by atoms with Gasteiger partial charge in [0.15, 0.2) is 0 Å². The summed E-state index contributed by atoms with van der Waals surface area (Å²) in [5, 5.41) is 7.32. The van der Waals surface area contributed by atoms with Gasteiger partial charge in [-0.25, -0.2) is 0 Å². The number of nitrogens with two attached hydrogens (primary N) is 1. The molecule has 3 N–H and O–H groups in total. The highest BCUT2D eigenvalue weighted by Gasteiger charge is 2.36. The number of benzene rings is 1. The van der Waals surface area contributed by atoms with E-state index in [1.54, 1.807) is 6.07 Å². The summed E-state index contributed by atoms with van der Waals surface area (Å²) >= 11 is 0. The number of anilines is 1. The maximum atomic E-state index is 13.2. The van der Waals surface area contributed by atoms with Crippen molar-refractivity contribution in [2.45, 2.75) is 51.4 Å². The Kier molecular flexibility index (Phi) is 4.16. The van der Waals surface area contributed by atoms with E-state index < -0.39 is 17.6 Å². The fraction of sp³-hybridized carbons (Fsp3) is 0.533. The maximum absolute atomic E-state index is 13.2. The standard InChI is InChI=1S/C15H20F3N3/c1-3-10-5-4-9(2)21(10)11-6-7-12(14(19)20)13(8-11)15(16,17)18/h6-10H,3-5H2,1-2H3,(H3,19,20). The number of halogens is 3. The number of hydrogen-bond acceptors (Lipinski definition) is 2. The van der Waals surface area contributed by atoms with Gasteiger partial charge in [-0.05, 0) is 44.4 Å². The van der Waals surface area contributed by atoms with Crippen molar-refractivity contribution in [2.24, 2.45) is 5.73 Å². The Hall–Kier alpha value is -1.72. The van der Waals surface area contributed by atoms with Crippen molar-refractivity contribution < 1.29 is 13.2 Å². The Bertz CT molecular complexity index is 539. The zero-order chi connectivity index (χ0) is 15.8. The summed E-state index contributed by atoms with van der Waals surface area (Å²) in [6, 6.07) is 4.55. The molecule has 0 radical (unpaired) electrons. The zero-order valence-electron chi connectivity index (χ0n) is 12.2. The van der Waals surface area contributed by atoms with Gasteiger partial charge in [0.05, 0.1) is 5.56 Å². The molecule has 116 valence electrons. The number of nitrogens with zero attached hydrogens (tertiary/aromatic N) is 1. The van der Waals surface area contributed by atoms with Crippen LogP contribution in [0, 0.1) is 5.41 Å². The van der Waals surface area contributed by atoms with Crippen molar-refractivity contribution >= 4 is 11.5 Å². The predicted octanol–water partition coefficient (Wildman–Crippen LogP) is 3.76. The maximum Gasteiger partial charge on any atom is 0.417 e. The van der Waals surface area contributed by atoms with Gasteiger partial charge in [-0.15, -0.1) is 0 Å². The smallest absolute Gasteiger partial charge is 0.384 e. The first-order chi connectivity index (χ1) is 9.75. The highest BCUT2D eigenvalue weighted by Crippen LogP contribution is 2.38. The molecule has 2 unspecified atom stereocenters. The number of hydrogen-bond donors (Lipinski definition) is 2. The fourth-order valence-corrected chi connectivity index (χ4v) is 3.10. The van der Waals surface area contributed by atoms with E-state index in [1.165, 1.54) is 6.07 Å². The third-order valence-electron chi connectivity index (χ3n) is 4.15. The first-order valence-corrected chi connectivity index (χ1v) is 7.09. The SMILES string of the molecule is CCC1CCC(C)N1c1ccc(C(=N)N)c(C(F)(F)F)c1. The van der Waals surface area contributed by atoms with Crippen molar-refractivity contribution in [3.8, 4) is 0 Å². The summed E-state index contributed by atoms with van der Waals surface area (Å²) in [4.78, 5) is 2.05. The van der Waals surface area contributed by atoms with Crippen LogP contribution in [-0.2, 0) is 6.18 Å². The lowest BCUT2D eigenvalue weighted by molar-refractivity contribution is -0.137. The van der Waals surface area contributed by atoms with Crippen LogP contribution in [-0.4, -0.2) is 17.9 Å². The normalized spacial score (nSPS) is 22.6. The van der Waals surface area contributed by atoms with Gasteiger partial charge in [0.2, 0.25) is 0 Å². The Morgan fingerprint density at radius 1 is 1.38 bits per heavy atom. The van der Waals surface area contributed by atoms with E-state index in [9.17, 15) is 13.2 Å². The zero-order valence-corrected chi connectivity index (χ0v) is 12.2. The van der Waals surface area contributed by atoms with Gasteiger partial charge in [0.1, 0.15) is 5.84 Å². The van der Waals surface area contributed by atoms with Crippen molar-refractivity contribution in [3.63, 3.8) is 0 Å². The van der Waals surface area contributed by atoms with Gasteiger partial charge < -0.3 is 10.6 Å². The number of rotatable bonds is 3. The molecule has 1 aliphatic rings. The molecule has 0 amide bonds. The van der Waals surface area contributed by atoms with Gasteiger partial charge in [-0.2, -0.15) is 13.2 Å². The van der Waals surface area contributed by atoms with E-state index in [0.29, 0.717) is 5.69 Å². The quantitative estimate of drug-likeness (QED) is 0.659. The highest BCUT2D eigenvalue weighted by atomic mass is 19.4. The van der Waals surface area contributed by atoms with E-state index in [0.717, 1.165) is 25.3 Å². The summed E-state index contributed by atoms with van der Waals surface area (Å²) in [7, 11) is 0. The number of amidine groups is 1. The molecule has 1 heterocycles. The van der Waals surface area contributed by atoms with Crippen molar-refractivity contribution in [2.75, 3.05) is 4.90 Å². The molecule has 1 aliphatic heterocycles. The Morgan fingerprint density at radius 3 is 2.57 bits per heavy atom. The molecule has 1 fully saturated rings. The van der Waals surface area contributed by atoms with Crippen molar-refractivity contribution in [1.82, 2.24) is 0 Å². The minimum Gasteiger partial charge on any atom is -0.384 e. The molecule has 0 aromatic heterocycles. The second kappa shape index (κ2) is 5.58. The lowest BCUT2D eigenvalue weighted by atomic mass is 10.0. The van der Waals surface area contributed by atoms with Gasteiger partial charge in [-0.1, -0.05) is 6.92 Å². The molecule has 0 saturated carbocycles. The van der Waals surface area contributed by atoms with Crippen LogP contribution in [0.15, 0.2) is 18.2 Å². The van der Waals surface area contributed by atoms with Crippen LogP contribution in [0.2, 0.25) is 0 Å². The van der Waals surface area contributed by atoms with Crippen LogP contribution in [0.1, 0.15) is 44.2 Å². The molecule has 1 aromatic carbocycles. The molecule has 1 saturated heterocycles. The van der Waals surface area contributed by atoms with Gasteiger partial charge in [0.25, 0.3) is 0 Å². The van der Waals surface area contributed by atoms with Crippen LogP contribution < -0.4 is 10.6 Å². The van der Waals surface area contributed by atoms with Gasteiger partial charge in [-0.3, -0.25) is 5.41 Å². The third-order valence-corrected chi connectivity index (χ3v) is 4.15. The average molecular weight is 299 g/mol. The first-order valence-electron chi connectivity index (χ1n) is 7.09. The summed E-state index contributed by atoms with van der Waals surface area (Å²) in [6.45, 7) is 4.08. The lowest BCUT2D eigenvalue weighted by Gasteiger charge is -2.31. The lowest BCUT2D eigenvalue weighted by Crippen LogP contribution is -2.34. The number of nitrogens with one attached hydrogen (secondary N) is 1. The van der Waals surface area contributed by atoms with Crippen LogP contribution in [0.5, 0.6) is 0 Å². The summed E-state index contributed by atoms with van der Waals surface area (Å²) < 4.78 is 39.5. The van der Waals surface area contributed by atoms with Crippen LogP contribution in [0.3, 0.4) is 0 Å². The van der Waals surface area contributed by atoms with Crippen LogP contribution in [0.25, 0.3) is 0 Å². The Labute approximate surface area is 122 Å². The molecule has 2 rings (SSSR count). The Morgan fingerprint density at radius 2 is 2.05 bits per heavy atom. The van der Waals surface area contributed by atoms with Gasteiger partial charge in [0, 0.05) is 23.3 Å². The largest absolute Gasteiger partial charge is 0.417 e. The van der Waals surface area contributed by atoms with Gasteiger partial charge >= 0.3 is 6.18 Å². The van der Waals surface area contributed by atoms with Crippen molar-refractivity contribution in [3.05, 3.63) is 29.3 Å².